The van der Waals surface area contributed by atoms with Gasteiger partial charge in [-0.15, -0.1) is 0 Å². The van der Waals surface area contributed by atoms with E-state index in [0.717, 1.165) is 17.0 Å². The third kappa shape index (κ3) is 3.36. The minimum atomic E-state index is -0.293. The van der Waals surface area contributed by atoms with E-state index in [-0.39, 0.29) is 11.9 Å². The van der Waals surface area contributed by atoms with Gasteiger partial charge in [0.15, 0.2) is 0 Å². The number of aromatic nitrogens is 4. The van der Waals surface area contributed by atoms with Crippen LogP contribution in [0.4, 0.5) is 0 Å². The fraction of sp³-hybridized carbons (Fsp3) is 0.235. The van der Waals surface area contributed by atoms with Gasteiger partial charge in [0.2, 0.25) is 0 Å². The summed E-state index contributed by atoms with van der Waals surface area (Å²) in [7, 11) is 3.42. The summed E-state index contributed by atoms with van der Waals surface area (Å²) in [5.41, 5.74) is 2.95. The predicted octanol–water partition coefficient (Wildman–Crippen LogP) is 1.93. The molecule has 0 saturated heterocycles. The summed E-state index contributed by atoms with van der Waals surface area (Å²) in [6.45, 7) is 0.352. The van der Waals surface area contributed by atoms with E-state index in [0.29, 0.717) is 12.3 Å². The van der Waals surface area contributed by atoms with Crippen LogP contribution >= 0.6 is 0 Å². The maximum absolute atomic E-state index is 12.5. The average molecular weight is 325 g/mol. The number of carbonyl (C=O) groups excluding carboxylic acids is 1. The van der Waals surface area contributed by atoms with Crippen LogP contribution in [0.15, 0.2) is 48.7 Å². The number of nitrogens with one attached hydrogen (secondary N) is 2. The first-order valence-corrected chi connectivity index (χ1v) is 7.57. The number of methoxy groups -OCH3 is 1. The molecule has 2 aromatic heterocycles. The number of amides is 1. The van der Waals surface area contributed by atoms with E-state index in [2.05, 4.69) is 20.6 Å². The van der Waals surface area contributed by atoms with E-state index >= 15 is 0 Å². The van der Waals surface area contributed by atoms with Crippen molar-refractivity contribution in [2.75, 3.05) is 13.7 Å². The highest BCUT2D eigenvalue weighted by molar-refractivity contribution is 5.93. The number of hydrogen-bond donors (Lipinski definition) is 2. The smallest absolute Gasteiger partial charge is 0.269 e. The van der Waals surface area contributed by atoms with Crippen molar-refractivity contribution in [1.29, 1.82) is 0 Å². The molecule has 1 atom stereocenters. The van der Waals surface area contributed by atoms with Crippen LogP contribution < -0.4 is 5.32 Å². The summed E-state index contributed by atoms with van der Waals surface area (Å²) < 4.78 is 6.93. The van der Waals surface area contributed by atoms with Gasteiger partial charge in [-0.25, -0.2) is 0 Å². The summed E-state index contributed by atoms with van der Waals surface area (Å²) in [5, 5.41) is 14.1. The third-order valence-electron chi connectivity index (χ3n) is 3.75. The predicted molar refractivity (Wildman–Crippen MR) is 89.3 cm³/mol. The molecule has 0 saturated carbocycles. The molecule has 2 N–H and O–H groups in total. The van der Waals surface area contributed by atoms with Gasteiger partial charge in [-0.2, -0.15) is 10.2 Å². The SMILES string of the molecule is COCC(NC(=O)c1cc(-c2ccccc2)n[nH]1)c1ccnn1C. The lowest BCUT2D eigenvalue weighted by Gasteiger charge is -2.17. The molecular formula is C17H19N5O2. The molecule has 7 heteroatoms. The van der Waals surface area contributed by atoms with Gasteiger partial charge in [-0.3, -0.25) is 14.6 Å². The lowest BCUT2D eigenvalue weighted by Crippen LogP contribution is -2.32. The molecule has 2 heterocycles. The van der Waals surface area contributed by atoms with E-state index in [1.807, 2.05) is 43.4 Å². The fourth-order valence-electron chi connectivity index (χ4n) is 2.52. The van der Waals surface area contributed by atoms with Crippen molar-refractivity contribution in [2.45, 2.75) is 6.04 Å². The third-order valence-corrected chi connectivity index (χ3v) is 3.75. The number of benzene rings is 1. The number of aryl methyl sites for hydroxylation is 1. The number of carbonyl (C=O) groups is 1. The first kappa shape index (κ1) is 15.9. The summed E-state index contributed by atoms with van der Waals surface area (Å²) in [6.07, 6.45) is 1.69. The van der Waals surface area contributed by atoms with Gasteiger partial charge in [-0.1, -0.05) is 30.3 Å². The number of H-pyrrole nitrogens is 1. The Morgan fingerprint density at radius 3 is 2.79 bits per heavy atom. The molecule has 7 nitrogen and oxygen atoms in total. The van der Waals surface area contributed by atoms with Gasteiger partial charge < -0.3 is 10.1 Å². The second-order valence-corrected chi connectivity index (χ2v) is 5.39. The topological polar surface area (TPSA) is 84.8 Å². The first-order chi connectivity index (χ1) is 11.7. The molecule has 0 bridgehead atoms. The van der Waals surface area contributed by atoms with Crippen LogP contribution in [-0.2, 0) is 11.8 Å². The average Bonchev–Trinajstić information content (AvgIpc) is 3.24. The second-order valence-electron chi connectivity index (χ2n) is 5.39. The van der Waals surface area contributed by atoms with Gasteiger partial charge in [0.1, 0.15) is 5.69 Å². The zero-order valence-corrected chi connectivity index (χ0v) is 13.6. The van der Waals surface area contributed by atoms with Crippen LogP contribution in [0.3, 0.4) is 0 Å². The molecule has 0 aliphatic rings. The number of rotatable bonds is 6. The van der Waals surface area contributed by atoms with Crippen molar-refractivity contribution in [1.82, 2.24) is 25.3 Å². The highest BCUT2D eigenvalue weighted by Crippen LogP contribution is 2.18. The van der Waals surface area contributed by atoms with E-state index in [4.69, 9.17) is 4.74 Å². The Kier molecular flexibility index (Phi) is 4.72. The van der Waals surface area contributed by atoms with Gasteiger partial charge in [-0.05, 0) is 12.1 Å². The van der Waals surface area contributed by atoms with Crippen LogP contribution in [0.5, 0.6) is 0 Å². The van der Waals surface area contributed by atoms with Crippen LogP contribution in [-0.4, -0.2) is 39.6 Å². The van der Waals surface area contributed by atoms with Crippen LogP contribution in [0.2, 0.25) is 0 Å². The molecule has 124 valence electrons. The van der Waals surface area contributed by atoms with Crippen LogP contribution in [0.25, 0.3) is 11.3 Å². The maximum atomic E-state index is 12.5. The molecule has 1 amide bonds. The molecule has 0 spiro atoms. The van der Waals surface area contributed by atoms with E-state index in [1.54, 1.807) is 24.1 Å². The Balaban J connectivity index is 1.76. The van der Waals surface area contributed by atoms with Crippen molar-refractivity contribution in [3.05, 3.63) is 60.0 Å². The Morgan fingerprint density at radius 2 is 2.12 bits per heavy atom. The van der Waals surface area contributed by atoms with Crippen molar-refractivity contribution >= 4 is 5.91 Å². The summed E-state index contributed by atoms with van der Waals surface area (Å²) in [5.74, 6) is -0.243. The zero-order valence-electron chi connectivity index (χ0n) is 13.6. The van der Waals surface area contributed by atoms with Crippen molar-refractivity contribution in [2.24, 2.45) is 7.05 Å². The van der Waals surface area contributed by atoms with Crippen LogP contribution in [0.1, 0.15) is 22.2 Å². The van der Waals surface area contributed by atoms with Crippen molar-refractivity contribution in [3.63, 3.8) is 0 Å². The molecular weight excluding hydrogens is 306 g/mol. The van der Waals surface area contributed by atoms with Crippen molar-refractivity contribution in [3.8, 4) is 11.3 Å². The minimum absolute atomic E-state index is 0.243. The number of hydrogen-bond acceptors (Lipinski definition) is 4. The highest BCUT2D eigenvalue weighted by Gasteiger charge is 2.20. The molecule has 0 aliphatic carbocycles. The van der Waals surface area contributed by atoms with E-state index < -0.39 is 0 Å². The maximum Gasteiger partial charge on any atom is 0.269 e. The standard InChI is InChI=1S/C17H19N5O2/c1-22-16(8-9-18-22)15(11-24-2)19-17(23)14-10-13(20-21-14)12-6-4-3-5-7-12/h3-10,15H,11H2,1-2H3,(H,19,23)(H,20,21). The van der Waals surface area contributed by atoms with Gasteiger partial charge in [0.05, 0.1) is 24.0 Å². The molecule has 3 aromatic rings. The Hall–Kier alpha value is -2.93. The van der Waals surface area contributed by atoms with Gasteiger partial charge in [0, 0.05) is 25.9 Å². The van der Waals surface area contributed by atoms with Crippen LogP contribution in [0, 0.1) is 0 Å². The zero-order chi connectivity index (χ0) is 16.9. The van der Waals surface area contributed by atoms with Crippen molar-refractivity contribution < 1.29 is 9.53 Å². The lowest BCUT2D eigenvalue weighted by molar-refractivity contribution is 0.0887. The van der Waals surface area contributed by atoms with Gasteiger partial charge >= 0.3 is 0 Å². The Labute approximate surface area is 139 Å². The first-order valence-electron chi connectivity index (χ1n) is 7.57. The fourth-order valence-corrected chi connectivity index (χ4v) is 2.52. The van der Waals surface area contributed by atoms with Gasteiger partial charge in [0.25, 0.3) is 5.91 Å². The molecule has 0 radical (unpaired) electrons. The summed E-state index contributed by atoms with van der Waals surface area (Å²) >= 11 is 0. The number of aromatic amines is 1. The lowest BCUT2D eigenvalue weighted by atomic mass is 10.1. The monoisotopic (exact) mass is 325 g/mol. The molecule has 24 heavy (non-hydrogen) atoms. The highest BCUT2D eigenvalue weighted by atomic mass is 16.5. The van der Waals surface area contributed by atoms with E-state index in [1.165, 1.54) is 0 Å². The number of ether oxygens (including phenoxy) is 1. The largest absolute Gasteiger partial charge is 0.382 e. The molecule has 1 aromatic carbocycles. The normalized spacial score (nSPS) is 12.1. The Morgan fingerprint density at radius 1 is 1.33 bits per heavy atom. The number of nitrogens with zero attached hydrogens (tertiary/aromatic N) is 3. The quantitative estimate of drug-likeness (QED) is 0.725. The molecule has 1 unspecified atom stereocenters. The summed E-state index contributed by atoms with van der Waals surface area (Å²) in [4.78, 5) is 12.5. The minimum Gasteiger partial charge on any atom is -0.382 e. The second kappa shape index (κ2) is 7.10. The molecule has 3 rings (SSSR count). The Bertz CT molecular complexity index is 809. The molecule has 0 aliphatic heterocycles. The van der Waals surface area contributed by atoms with E-state index in [9.17, 15) is 4.79 Å². The summed E-state index contributed by atoms with van der Waals surface area (Å²) in [6, 6.07) is 13.0. The molecule has 0 fully saturated rings.